The second-order valence-electron chi connectivity index (χ2n) is 6.58. The van der Waals surface area contributed by atoms with Crippen molar-refractivity contribution in [3.05, 3.63) is 90.0 Å². The number of carbonyl (C=O) groups excluding carboxylic acids is 2. The van der Waals surface area contributed by atoms with E-state index in [1.807, 2.05) is 54.6 Å². The van der Waals surface area contributed by atoms with Crippen molar-refractivity contribution in [1.29, 1.82) is 0 Å². The molecule has 4 rings (SSSR count). The predicted octanol–water partition coefficient (Wildman–Crippen LogP) is 4.68. The molecule has 0 bridgehead atoms. The molecule has 1 fully saturated rings. The lowest BCUT2D eigenvalue weighted by atomic mass is 10.1. The molecule has 0 unspecified atom stereocenters. The lowest BCUT2D eigenvalue weighted by Gasteiger charge is -2.29. The van der Waals surface area contributed by atoms with E-state index in [1.165, 1.54) is 12.0 Å². The lowest BCUT2D eigenvalue weighted by Crippen LogP contribution is -2.54. The molecule has 1 heterocycles. The minimum atomic E-state index is -0.527. The molecule has 7 heteroatoms. The van der Waals surface area contributed by atoms with Crippen molar-refractivity contribution in [1.82, 2.24) is 5.32 Å². The molecule has 0 atom stereocenters. The van der Waals surface area contributed by atoms with E-state index in [4.69, 9.17) is 17.0 Å². The topological polar surface area (TPSA) is 58.6 Å². The first kappa shape index (κ1) is 20.8. The molecule has 1 aliphatic heterocycles. The van der Waals surface area contributed by atoms with E-state index in [9.17, 15) is 9.59 Å². The molecule has 1 aliphatic rings. The molecule has 0 saturated carbocycles. The fourth-order valence-electron chi connectivity index (χ4n) is 3.15. The number of benzene rings is 3. The Morgan fingerprint density at radius 1 is 0.935 bits per heavy atom. The summed E-state index contributed by atoms with van der Waals surface area (Å²) in [7, 11) is 1.52. The van der Waals surface area contributed by atoms with Gasteiger partial charge in [-0.15, -0.1) is 0 Å². The number of hydrogen-bond donors (Lipinski definition) is 1. The van der Waals surface area contributed by atoms with Gasteiger partial charge < -0.3 is 4.74 Å². The first-order valence-electron chi connectivity index (χ1n) is 9.45. The van der Waals surface area contributed by atoms with Gasteiger partial charge in [0, 0.05) is 9.79 Å². The highest BCUT2D eigenvalue weighted by molar-refractivity contribution is 7.99. The van der Waals surface area contributed by atoms with E-state index in [2.05, 4.69) is 5.32 Å². The molecule has 1 saturated heterocycles. The average Bonchev–Trinajstić information content (AvgIpc) is 2.78. The van der Waals surface area contributed by atoms with Crippen LogP contribution in [0.15, 0.2) is 94.2 Å². The molecule has 0 radical (unpaired) electrons. The fraction of sp³-hybridized carbons (Fsp3) is 0.0417. The summed E-state index contributed by atoms with van der Waals surface area (Å²) in [6.07, 6.45) is 1.60. The summed E-state index contributed by atoms with van der Waals surface area (Å²) in [5.41, 5.74) is 1.24. The van der Waals surface area contributed by atoms with Gasteiger partial charge in [-0.25, -0.2) is 4.90 Å². The maximum atomic E-state index is 13.3. The molecule has 0 aromatic heterocycles. The average molecular weight is 447 g/mol. The number of methoxy groups -OCH3 is 1. The highest BCUT2D eigenvalue weighted by Crippen LogP contribution is 2.33. The molecule has 5 nitrogen and oxygen atoms in total. The summed E-state index contributed by atoms with van der Waals surface area (Å²) in [4.78, 5) is 29.3. The van der Waals surface area contributed by atoms with Crippen LogP contribution in [-0.4, -0.2) is 24.0 Å². The number of ether oxygens (including phenoxy) is 1. The molecule has 31 heavy (non-hydrogen) atoms. The van der Waals surface area contributed by atoms with Crippen LogP contribution < -0.4 is 15.0 Å². The Balaban J connectivity index is 1.73. The maximum absolute atomic E-state index is 13.3. The molecule has 0 spiro atoms. The molecule has 0 aliphatic carbocycles. The quantitative estimate of drug-likeness (QED) is 0.350. The summed E-state index contributed by atoms with van der Waals surface area (Å²) in [6.45, 7) is 0. The highest BCUT2D eigenvalue weighted by atomic mass is 32.2. The molecular weight excluding hydrogens is 428 g/mol. The molecule has 2 amide bonds. The molecule has 154 valence electrons. The second kappa shape index (κ2) is 9.16. The van der Waals surface area contributed by atoms with Crippen molar-refractivity contribution < 1.29 is 14.3 Å². The minimum Gasteiger partial charge on any atom is -0.495 e. The van der Waals surface area contributed by atoms with Gasteiger partial charge in [0.15, 0.2) is 5.11 Å². The van der Waals surface area contributed by atoms with Crippen LogP contribution in [0.3, 0.4) is 0 Å². The van der Waals surface area contributed by atoms with E-state index >= 15 is 0 Å². The van der Waals surface area contributed by atoms with E-state index in [0.29, 0.717) is 11.4 Å². The number of hydrogen-bond acceptors (Lipinski definition) is 5. The van der Waals surface area contributed by atoms with Crippen molar-refractivity contribution in [3.63, 3.8) is 0 Å². The van der Waals surface area contributed by atoms with Gasteiger partial charge in [-0.2, -0.15) is 0 Å². The summed E-state index contributed by atoms with van der Waals surface area (Å²) in [5.74, 6) is -0.549. The van der Waals surface area contributed by atoms with E-state index in [1.54, 1.807) is 42.1 Å². The molecule has 1 N–H and O–H groups in total. The first-order valence-corrected chi connectivity index (χ1v) is 10.7. The van der Waals surface area contributed by atoms with Gasteiger partial charge in [0.2, 0.25) is 0 Å². The number of carbonyl (C=O) groups is 2. The Bertz CT molecular complexity index is 1190. The zero-order valence-electron chi connectivity index (χ0n) is 16.6. The van der Waals surface area contributed by atoms with Gasteiger partial charge >= 0.3 is 0 Å². The van der Waals surface area contributed by atoms with Crippen LogP contribution >= 0.6 is 24.0 Å². The van der Waals surface area contributed by atoms with Crippen LogP contribution in [0.4, 0.5) is 5.69 Å². The first-order chi connectivity index (χ1) is 15.1. The molecule has 3 aromatic rings. The lowest BCUT2D eigenvalue weighted by molar-refractivity contribution is -0.122. The second-order valence-corrected chi connectivity index (χ2v) is 8.08. The van der Waals surface area contributed by atoms with Crippen molar-refractivity contribution in [2.75, 3.05) is 12.0 Å². The Kier molecular flexibility index (Phi) is 6.16. The normalized spacial score (nSPS) is 15.2. The van der Waals surface area contributed by atoms with Crippen LogP contribution in [0.2, 0.25) is 0 Å². The number of anilines is 1. The fourth-order valence-corrected chi connectivity index (χ4v) is 4.37. The minimum absolute atomic E-state index is 0.000572. The van der Waals surface area contributed by atoms with Crippen LogP contribution in [0.25, 0.3) is 6.08 Å². The number of para-hydroxylation sites is 2. The third-order valence-electron chi connectivity index (χ3n) is 4.62. The molecular formula is C24H18N2O3S2. The standard InChI is InChI=1S/C24H18N2O3S2/c1-29-20-13-7-6-12-19(20)26-23(28)18(22(27)25-24(26)30)15-16-9-5-8-14-21(16)31-17-10-3-2-4-11-17/h2-15H,1H3,(H,25,27,30)/b18-15-. The van der Waals surface area contributed by atoms with Gasteiger partial charge in [-0.3, -0.25) is 14.9 Å². The Morgan fingerprint density at radius 2 is 1.61 bits per heavy atom. The third kappa shape index (κ3) is 4.38. The van der Waals surface area contributed by atoms with Crippen LogP contribution in [0.1, 0.15) is 5.56 Å². The van der Waals surface area contributed by atoms with Gasteiger partial charge in [0.1, 0.15) is 11.3 Å². The summed E-state index contributed by atoms with van der Waals surface area (Å²) in [6, 6.07) is 24.6. The monoisotopic (exact) mass is 446 g/mol. The number of rotatable bonds is 5. The number of nitrogens with zero attached hydrogens (tertiary/aromatic N) is 1. The van der Waals surface area contributed by atoms with Gasteiger partial charge in [-0.1, -0.05) is 60.3 Å². The van der Waals surface area contributed by atoms with Crippen molar-refractivity contribution in [3.8, 4) is 5.75 Å². The van der Waals surface area contributed by atoms with E-state index in [0.717, 1.165) is 15.4 Å². The van der Waals surface area contributed by atoms with E-state index in [-0.39, 0.29) is 10.7 Å². The van der Waals surface area contributed by atoms with E-state index < -0.39 is 11.8 Å². The Morgan fingerprint density at radius 3 is 2.39 bits per heavy atom. The molecule has 3 aromatic carbocycles. The third-order valence-corrected chi connectivity index (χ3v) is 6.00. The number of nitrogens with one attached hydrogen (secondary N) is 1. The summed E-state index contributed by atoms with van der Waals surface area (Å²) < 4.78 is 5.37. The zero-order chi connectivity index (χ0) is 21.8. The van der Waals surface area contributed by atoms with Crippen LogP contribution in [-0.2, 0) is 9.59 Å². The van der Waals surface area contributed by atoms with Crippen LogP contribution in [0, 0.1) is 0 Å². The smallest absolute Gasteiger partial charge is 0.270 e. The largest absolute Gasteiger partial charge is 0.495 e. The predicted molar refractivity (Wildman–Crippen MR) is 126 cm³/mol. The van der Waals surface area contributed by atoms with Gasteiger partial charge in [0.05, 0.1) is 12.8 Å². The zero-order valence-corrected chi connectivity index (χ0v) is 18.2. The van der Waals surface area contributed by atoms with Crippen molar-refractivity contribution in [2.24, 2.45) is 0 Å². The van der Waals surface area contributed by atoms with Crippen molar-refractivity contribution in [2.45, 2.75) is 9.79 Å². The number of thiocarbonyl (C=S) groups is 1. The summed E-state index contributed by atoms with van der Waals surface area (Å²) >= 11 is 6.85. The highest BCUT2D eigenvalue weighted by Gasteiger charge is 2.35. The Hall–Kier alpha value is -3.42. The Labute approximate surface area is 189 Å². The maximum Gasteiger partial charge on any atom is 0.270 e. The SMILES string of the molecule is COc1ccccc1N1C(=O)/C(=C\c2ccccc2Sc2ccccc2)C(=O)NC1=S. The van der Waals surface area contributed by atoms with Crippen LogP contribution in [0.5, 0.6) is 5.75 Å². The van der Waals surface area contributed by atoms with Gasteiger partial charge in [-0.05, 0) is 54.2 Å². The van der Waals surface area contributed by atoms with Crippen molar-refractivity contribution >= 4 is 52.7 Å². The summed E-state index contributed by atoms with van der Waals surface area (Å²) in [5, 5.41) is 2.63. The van der Waals surface area contributed by atoms with Gasteiger partial charge in [0.25, 0.3) is 11.8 Å². The number of amides is 2.